The molecule has 2 atom stereocenters. The number of piperidine rings is 1. The van der Waals surface area contributed by atoms with Gasteiger partial charge in [-0.2, -0.15) is 0 Å². The molecule has 1 aromatic rings. The first kappa shape index (κ1) is 13.4. The summed E-state index contributed by atoms with van der Waals surface area (Å²) in [5.74, 6) is 0.412. The summed E-state index contributed by atoms with van der Waals surface area (Å²) < 4.78 is 0. The van der Waals surface area contributed by atoms with E-state index < -0.39 is 0 Å². The fourth-order valence-electron chi connectivity index (χ4n) is 3.35. The number of anilines is 1. The van der Waals surface area contributed by atoms with Crippen molar-refractivity contribution < 1.29 is 4.79 Å². The van der Waals surface area contributed by atoms with Crippen LogP contribution >= 0.6 is 0 Å². The molecule has 1 amide bonds. The number of carbonyl (C=O) groups is 1. The van der Waals surface area contributed by atoms with Crippen LogP contribution in [0.2, 0.25) is 0 Å². The summed E-state index contributed by atoms with van der Waals surface area (Å²) in [5.41, 5.74) is 6.14. The first-order valence-electron chi connectivity index (χ1n) is 7.42. The molecule has 2 fully saturated rings. The van der Waals surface area contributed by atoms with E-state index in [2.05, 4.69) is 16.8 Å². The minimum Gasteiger partial charge on any atom is -0.384 e. The highest BCUT2D eigenvalue weighted by Crippen LogP contribution is 2.25. The van der Waals surface area contributed by atoms with Crippen molar-refractivity contribution in [1.82, 2.24) is 14.8 Å². The molecule has 2 saturated heterocycles. The van der Waals surface area contributed by atoms with Crippen molar-refractivity contribution >= 4 is 11.7 Å². The Kier molecular flexibility index (Phi) is 3.61. The Morgan fingerprint density at radius 3 is 3.00 bits per heavy atom. The lowest BCUT2D eigenvalue weighted by Gasteiger charge is -2.47. The van der Waals surface area contributed by atoms with E-state index in [9.17, 15) is 4.79 Å². The number of nitrogens with two attached hydrogens (primary N) is 1. The third-order valence-corrected chi connectivity index (χ3v) is 4.44. The molecule has 2 N–H and O–H groups in total. The molecular weight excluding hydrogens is 252 g/mol. The Balaban J connectivity index is 1.77. The van der Waals surface area contributed by atoms with E-state index in [-0.39, 0.29) is 11.9 Å². The molecule has 0 aliphatic carbocycles. The average molecular weight is 274 g/mol. The van der Waals surface area contributed by atoms with Gasteiger partial charge in [0.1, 0.15) is 11.5 Å². The minimum atomic E-state index is 0.00928. The van der Waals surface area contributed by atoms with Crippen molar-refractivity contribution in [2.45, 2.75) is 38.3 Å². The van der Waals surface area contributed by atoms with E-state index in [1.807, 2.05) is 4.90 Å². The fraction of sp³-hybridized carbons (Fsp3) is 0.600. The van der Waals surface area contributed by atoms with Crippen LogP contribution < -0.4 is 5.73 Å². The van der Waals surface area contributed by atoms with Crippen LogP contribution in [0.25, 0.3) is 0 Å². The summed E-state index contributed by atoms with van der Waals surface area (Å²) in [6.07, 6.45) is 3.75. The lowest BCUT2D eigenvalue weighted by molar-refractivity contribution is 0.0148. The predicted molar refractivity (Wildman–Crippen MR) is 78.4 cm³/mol. The topological polar surface area (TPSA) is 62.5 Å². The highest BCUT2D eigenvalue weighted by atomic mass is 16.2. The number of carbonyl (C=O) groups excluding carboxylic acids is 1. The minimum absolute atomic E-state index is 0.00928. The normalized spacial score (nSPS) is 27.1. The van der Waals surface area contributed by atoms with E-state index >= 15 is 0 Å². The standard InChI is InChI=1S/C15H22N4O/c1-11-9-18-8-3-2-5-12(18)10-19(11)15(20)13-6-4-7-14(16)17-13/h4,6-7,11-12H,2-3,5,8-10H2,1H3,(H2,16,17). The number of nitrogens with zero attached hydrogens (tertiary/aromatic N) is 3. The van der Waals surface area contributed by atoms with Gasteiger partial charge in [-0.3, -0.25) is 9.69 Å². The summed E-state index contributed by atoms with van der Waals surface area (Å²) >= 11 is 0. The van der Waals surface area contributed by atoms with Gasteiger partial charge in [0.25, 0.3) is 5.91 Å². The zero-order valence-electron chi connectivity index (χ0n) is 12.0. The molecule has 3 heterocycles. The number of fused-ring (bicyclic) bond motifs is 1. The highest BCUT2D eigenvalue weighted by Gasteiger charge is 2.35. The molecule has 5 nitrogen and oxygen atoms in total. The smallest absolute Gasteiger partial charge is 0.272 e. The Morgan fingerprint density at radius 2 is 2.20 bits per heavy atom. The Hall–Kier alpha value is -1.62. The van der Waals surface area contributed by atoms with Gasteiger partial charge in [0.2, 0.25) is 0 Å². The summed E-state index contributed by atoms with van der Waals surface area (Å²) in [6, 6.07) is 6.00. The van der Waals surface area contributed by atoms with Crippen molar-refractivity contribution in [2.75, 3.05) is 25.4 Å². The molecule has 2 unspecified atom stereocenters. The number of nitrogen functional groups attached to an aromatic ring is 1. The van der Waals surface area contributed by atoms with Gasteiger partial charge in [-0.1, -0.05) is 12.5 Å². The molecule has 3 rings (SSSR count). The number of pyridine rings is 1. The zero-order chi connectivity index (χ0) is 14.1. The Morgan fingerprint density at radius 1 is 1.35 bits per heavy atom. The molecule has 2 aliphatic rings. The van der Waals surface area contributed by atoms with Crippen molar-refractivity contribution in [3.63, 3.8) is 0 Å². The molecule has 0 aromatic carbocycles. The number of piperazine rings is 1. The molecule has 0 bridgehead atoms. The van der Waals surface area contributed by atoms with Crippen LogP contribution in [0, 0.1) is 0 Å². The zero-order valence-corrected chi connectivity index (χ0v) is 12.0. The molecule has 5 heteroatoms. The lowest BCUT2D eigenvalue weighted by atomic mass is 9.97. The molecule has 2 aliphatic heterocycles. The SMILES string of the molecule is CC1CN2CCCCC2CN1C(=O)c1cccc(N)n1. The number of aromatic nitrogens is 1. The van der Waals surface area contributed by atoms with Crippen molar-refractivity contribution in [1.29, 1.82) is 0 Å². The number of rotatable bonds is 1. The molecule has 108 valence electrons. The van der Waals surface area contributed by atoms with Gasteiger partial charge in [0.15, 0.2) is 0 Å². The van der Waals surface area contributed by atoms with Crippen molar-refractivity contribution in [3.8, 4) is 0 Å². The summed E-state index contributed by atoms with van der Waals surface area (Å²) in [6.45, 7) is 5.08. The van der Waals surface area contributed by atoms with Gasteiger partial charge in [0.05, 0.1) is 0 Å². The molecule has 1 aromatic heterocycles. The summed E-state index contributed by atoms with van der Waals surface area (Å²) in [7, 11) is 0. The average Bonchev–Trinajstić information content (AvgIpc) is 2.46. The van der Waals surface area contributed by atoms with Crippen LogP contribution in [0.4, 0.5) is 5.82 Å². The first-order valence-corrected chi connectivity index (χ1v) is 7.42. The van der Waals surface area contributed by atoms with Crippen LogP contribution in [0.1, 0.15) is 36.7 Å². The number of hydrogen-bond acceptors (Lipinski definition) is 4. The van der Waals surface area contributed by atoms with Gasteiger partial charge in [-0.15, -0.1) is 0 Å². The van der Waals surface area contributed by atoms with Gasteiger partial charge in [-0.05, 0) is 38.4 Å². The molecule has 0 saturated carbocycles. The van der Waals surface area contributed by atoms with Crippen LogP contribution in [-0.4, -0.2) is 52.4 Å². The maximum Gasteiger partial charge on any atom is 0.272 e. The third-order valence-electron chi connectivity index (χ3n) is 4.44. The number of amides is 1. The second kappa shape index (κ2) is 5.40. The first-order chi connectivity index (χ1) is 9.65. The highest BCUT2D eigenvalue weighted by molar-refractivity contribution is 5.93. The third kappa shape index (κ3) is 2.50. The van der Waals surface area contributed by atoms with Gasteiger partial charge >= 0.3 is 0 Å². The largest absolute Gasteiger partial charge is 0.384 e. The van der Waals surface area contributed by atoms with Crippen LogP contribution in [-0.2, 0) is 0 Å². The van der Waals surface area contributed by atoms with E-state index in [1.54, 1.807) is 18.2 Å². The second-order valence-corrected chi connectivity index (χ2v) is 5.90. The van der Waals surface area contributed by atoms with Crippen LogP contribution in [0.5, 0.6) is 0 Å². The molecule has 0 radical (unpaired) electrons. The van der Waals surface area contributed by atoms with E-state index in [4.69, 9.17) is 5.73 Å². The molecular formula is C15H22N4O. The van der Waals surface area contributed by atoms with Crippen molar-refractivity contribution in [3.05, 3.63) is 23.9 Å². The van der Waals surface area contributed by atoms with Gasteiger partial charge in [0, 0.05) is 25.2 Å². The Labute approximate surface area is 119 Å². The fourth-order valence-corrected chi connectivity index (χ4v) is 3.35. The van der Waals surface area contributed by atoms with E-state index in [0.29, 0.717) is 17.6 Å². The van der Waals surface area contributed by atoms with Gasteiger partial charge in [-0.25, -0.2) is 4.98 Å². The van der Waals surface area contributed by atoms with E-state index in [1.165, 1.54) is 25.8 Å². The maximum atomic E-state index is 12.6. The number of hydrogen-bond donors (Lipinski definition) is 1. The van der Waals surface area contributed by atoms with Crippen molar-refractivity contribution in [2.24, 2.45) is 0 Å². The van der Waals surface area contributed by atoms with Crippen LogP contribution in [0.3, 0.4) is 0 Å². The summed E-state index contributed by atoms with van der Waals surface area (Å²) in [5, 5.41) is 0. The van der Waals surface area contributed by atoms with Gasteiger partial charge < -0.3 is 10.6 Å². The van der Waals surface area contributed by atoms with Crippen LogP contribution in [0.15, 0.2) is 18.2 Å². The maximum absolute atomic E-state index is 12.6. The van der Waals surface area contributed by atoms with E-state index in [0.717, 1.165) is 13.1 Å². The molecule has 20 heavy (non-hydrogen) atoms. The monoisotopic (exact) mass is 274 g/mol. The Bertz CT molecular complexity index is 504. The lowest BCUT2D eigenvalue weighted by Crippen LogP contribution is -2.60. The molecule has 0 spiro atoms. The predicted octanol–water partition coefficient (Wildman–Crippen LogP) is 1.36. The second-order valence-electron chi connectivity index (χ2n) is 5.90. The quantitative estimate of drug-likeness (QED) is 0.840. The summed E-state index contributed by atoms with van der Waals surface area (Å²) in [4.78, 5) is 21.3.